The fourth-order valence-corrected chi connectivity index (χ4v) is 8.95. The molecular weight excluding hydrogens is 701 g/mol. The largest absolute Gasteiger partial charge is 0.457 e. The molecule has 2 saturated heterocycles. The Kier molecular flexibility index (Phi) is 10.6. The molecule has 3 N–H and O–H groups in total. The summed E-state index contributed by atoms with van der Waals surface area (Å²) in [5.74, 6) is 2.15. The van der Waals surface area contributed by atoms with Gasteiger partial charge in [-0.15, -0.1) is 11.8 Å². The number of carbonyl (C=O) groups is 3. The molecule has 2 atom stereocenters. The van der Waals surface area contributed by atoms with Crippen LogP contribution in [-0.4, -0.2) is 78.7 Å². The van der Waals surface area contributed by atoms with Crippen LogP contribution in [-0.2, 0) is 16.1 Å². The van der Waals surface area contributed by atoms with E-state index >= 15 is 0 Å². The van der Waals surface area contributed by atoms with Crippen LogP contribution in [0.1, 0.15) is 73.3 Å². The minimum atomic E-state index is -0.593. The third-order valence-corrected chi connectivity index (χ3v) is 11.8. The topological polar surface area (TPSA) is 149 Å². The van der Waals surface area contributed by atoms with Crippen molar-refractivity contribution in [1.82, 2.24) is 34.9 Å². The summed E-state index contributed by atoms with van der Waals surface area (Å²) in [7, 11) is 0. The first-order chi connectivity index (χ1) is 26.4. The van der Waals surface area contributed by atoms with Crippen LogP contribution in [0.5, 0.6) is 11.5 Å². The SMILES string of the molecule is Nc1ncnc2c1c(-c1ccc(Oc3ccccc3)cc1)nn2C1CCCN(CCCCCCSc2cccc3c2CN(C2CCC(=O)NC2=O)C3=O)C1. The third kappa shape index (κ3) is 7.56. The number of nitrogens with two attached hydrogens (primary N) is 1. The Morgan fingerprint density at radius 3 is 2.54 bits per heavy atom. The normalized spacial score (nSPS) is 19.0. The molecule has 0 bridgehead atoms. The summed E-state index contributed by atoms with van der Waals surface area (Å²) in [6, 6.07) is 23.1. The smallest absolute Gasteiger partial charge is 0.255 e. The molecule has 3 aliphatic heterocycles. The molecule has 5 heterocycles. The van der Waals surface area contributed by atoms with E-state index in [1.807, 2.05) is 66.7 Å². The first-order valence-electron chi connectivity index (χ1n) is 18.9. The Morgan fingerprint density at radius 2 is 1.70 bits per heavy atom. The summed E-state index contributed by atoms with van der Waals surface area (Å²) in [5, 5.41) is 8.28. The molecule has 13 heteroatoms. The van der Waals surface area contributed by atoms with Gasteiger partial charge in [0.1, 0.15) is 35.4 Å². The Bertz CT molecular complexity index is 2160. The zero-order valence-corrected chi connectivity index (χ0v) is 31.0. The monoisotopic (exact) mass is 744 g/mol. The molecule has 3 amide bonds. The number of hydrogen-bond acceptors (Lipinski definition) is 10. The fraction of sp³-hybridized carbons (Fsp3) is 0.366. The summed E-state index contributed by atoms with van der Waals surface area (Å²) < 4.78 is 8.07. The number of ether oxygens (including phenoxy) is 1. The molecule has 0 radical (unpaired) electrons. The van der Waals surface area contributed by atoms with Crippen molar-refractivity contribution < 1.29 is 19.1 Å². The van der Waals surface area contributed by atoms with Crippen molar-refractivity contribution in [3.05, 3.63) is 90.3 Å². The molecule has 0 aliphatic carbocycles. The van der Waals surface area contributed by atoms with Gasteiger partial charge < -0.3 is 20.3 Å². The first kappa shape index (κ1) is 35.7. The van der Waals surface area contributed by atoms with Crippen molar-refractivity contribution in [2.24, 2.45) is 0 Å². The number of imide groups is 1. The zero-order chi connectivity index (χ0) is 37.0. The molecule has 278 valence electrons. The van der Waals surface area contributed by atoms with Crippen molar-refractivity contribution in [3.8, 4) is 22.8 Å². The molecule has 2 unspecified atom stereocenters. The van der Waals surface area contributed by atoms with Crippen LogP contribution in [0.15, 0.2) is 84.0 Å². The molecule has 8 rings (SSSR count). The Hall–Kier alpha value is -5.27. The van der Waals surface area contributed by atoms with E-state index in [2.05, 4.69) is 30.9 Å². The number of thioether (sulfide) groups is 1. The lowest BCUT2D eigenvalue weighted by Crippen LogP contribution is -2.52. The van der Waals surface area contributed by atoms with Crippen molar-refractivity contribution in [1.29, 1.82) is 0 Å². The number of amides is 3. The van der Waals surface area contributed by atoms with Crippen molar-refractivity contribution in [2.75, 3.05) is 31.1 Å². The van der Waals surface area contributed by atoms with Crippen molar-refractivity contribution >= 4 is 46.3 Å². The Labute approximate surface area is 318 Å². The zero-order valence-electron chi connectivity index (χ0n) is 30.2. The second-order valence-electron chi connectivity index (χ2n) is 14.2. The summed E-state index contributed by atoms with van der Waals surface area (Å²) in [6.07, 6.45) is 8.78. The van der Waals surface area contributed by atoms with Gasteiger partial charge in [-0.1, -0.05) is 37.1 Å². The van der Waals surface area contributed by atoms with E-state index in [1.165, 1.54) is 6.33 Å². The van der Waals surface area contributed by atoms with E-state index < -0.39 is 6.04 Å². The van der Waals surface area contributed by atoms with E-state index in [1.54, 1.807) is 16.7 Å². The van der Waals surface area contributed by atoms with Crippen LogP contribution in [0.3, 0.4) is 0 Å². The molecule has 0 saturated carbocycles. The summed E-state index contributed by atoms with van der Waals surface area (Å²) in [4.78, 5) is 51.5. The van der Waals surface area contributed by atoms with Crippen LogP contribution in [0.4, 0.5) is 5.82 Å². The number of anilines is 1. The van der Waals surface area contributed by atoms with Gasteiger partial charge in [0.15, 0.2) is 5.65 Å². The Morgan fingerprint density at radius 1 is 0.889 bits per heavy atom. The molecule has 54 heavy (non-hydrogen) atoms. The summed E-state index contributed by atoms with van der Waals surface area (Å²) in [6.45, 7) is 3.44. The molecular formula is C41H44N8O4S. The highest BCUT2D eigenvalue weighted by Gasteiger charge is 2.39. The molecule has 2 fully saturated rings. The number of aromatic nitrogens is 4. The standard InChI is InChI=1S/C41H44N8O4S/c42-38-36-37(27-15-17-30(18-16-27)53-29-11-4-3-5-12-29)46-49(39(36)44-26-43-38)28-10-9-22-47(24-28)21-6-1-2-7-23-54-34-14-8-13-31-32(34)25-48(41(31)52)33-19-20-35(50)45-40(33)51/h3-5,8,11-18,26,28,33H,1-2,6-7,9-10,19-25H2,(H2,42,43,44)(H,45,50,51). The number of benzene rings is 3. The van der Waals surface area contributed by atoms with E-state index in [0.29, 0.717) is 24.3 Å². The highest BCUT2D eigenvalue weighted by Crippen LogP contribution is 2.36. The van der Waals surface area contributed by atoms with Crippen LogP contribution in [0, 0.1) is 0 Å². The second-order valence-corrected chi connectivity index (χ2v) is 15.4. The van der Waals surface area contributed by atoms with Gasteiger partial charge >= 0.3 is 0 Å². The van der Waals surface area contributed by atoms with E-state index in [-0.39, 0.29) is 30.2 Å². The number of hydrogen-bond donors (Lipinski definition) is 2. The highest BCUT2D eigenvalue weighted by molar-refractivity contribution is 7.99. The average molecular weight is 745 g/mol. The number of nitrogen functional groups attached to an aromatic ring is 1. The van der Waals surface area contributed by atoms with E-state index in [4.69, 9.17) is 15.6 Å². The van der Waals surface area contributed by atoms with Gasteiger partial charge in [0.25, 0.3) is 5.91 Å². The number of nitrogens with one attached hydrogen (secondary N) is 1. The number of rotatable bonds is 13. The van der Waals surface area contributed by atoms with Gasteiger partial charge in [0.05, 0.1) is 11.4 Å². The molecule has 12 nitrogen and oxygen atoms in total. The lowest BCUT2D eigenvalue weighted by molar-refractivity contribution is -0.136. The average Bonchev–Trinajstić information content (AvgIpc) is 3.75. The van der Waals surface area contributed by atoms with Crippen LogP contribution in [0.25, 0.3) is 22.3 Å². The molecule has 5 aromatic rings. The van der Waals surface area contributed by atoms with E-state index in [9.17, 15) is 14.4 Å². The summed E-state index contributed by atoms with van der Waals surface area (Å²) >= 11 is 1.79. The number of nitrogens with zero attached hydrogens (tertiary/aromatic N) is 6. The minimum absolute atomic E-state index is 0.125. The van der Waals surface area contributed by atoms with Crippen molar-refractivity contribution in [2.45, 2.75) is 74.9 Å². The Balaban J connectivity index is 0.827. The van der Waals surface area contributed by atoms with E-state index in [0.717, 1.165) is 108 Å². The lowest BCUT2D eigenvalue weighted by Gasteiger charge is -2.33. The number of likely N-dealkylation sites (tertiary alicyclic amines) is 1. The minimum Gasteiger partial charge on any atom is -0.457 e. The third-order valence-electron chi connectivity index (χ3n) is 10.6. The van der Waals surface area contributed by atoms with Gasteiger partial charge in [0, 0.05) is 35.5 Å². The fourth-order valence-electron chi connectivity index (χ4n) is 7.86. The van der Waals surface area contributed by atoms with Gasteiger partial charge in [-0.05, 0) is 105 Å². The lowest BCUT2D eigenvalue weighted by atomic mass is 10.0. The summed E-state index contributed by atoms with van der Waals surface area (Å²) in [5.41, 5.74) is 10.6. The van der Waals surface area contributed by atoms with Crippen LogP contribution >= 0.6 is 11.8 Å². The molecule has 3 aromatic carbocycles. The number of fused-ring (bicyclic) bond motifs is 2. The molecule has 0 spiro atoms. The number of carbonyl (C=O) groups excluding carboxylic acids is 3. The van der Waals surface area contributed by atoms with Crippen LogP contribution in [0.2, 0.25) is 0 Å². The predicted molar refractivity (Wildman–Crippen MR) is 208 cm³/mol. The van der Waals surface area contributed by atoms with Gasteiger partial charge in [-0.25, -0.2) is 14.6 Å². The highest BCUT2D eigenvalue weighted by atomic mass is 32.2. The predicted octanol–water partition coefficient (Wildman–Crippen LogP) is 6.62. The van der Waals surface area contributed by atoms with Gasteiger partial charge in [-0.3, -0.25) is 19.7 Å². The maximum atomic E-state index is 13.2. The van der Waals surface area contributed by atoms with Gasteiger partial charge in [-0.2, -0.15) is 5.10 Å². The van der Waals surface area contributed by atoms with Gasteiger partial charge in [0.2, 0.25) is 11.8 Å². The number of unbranched alkanes of at least 4 members (excludes halogenated alkanes) is 3. The first-order valence-corrected chi connectivity index (χ1v) is 19.9. The second kappa shape index (κ2) is 16.0. The number of piperidine rings is 2. The quantitative estimate of drug-likeness (QED) is 0.0766. The maximum absolute atomic E-state index is 13.2. The molecule has 2 aromatic heterocycles. The van der Waals surface area contributed by atoms with Crippen molar-refractivity contribution in [3.63, 3.8) is 0 Å². The maximum Gasteiger partial charge on any atom is 0.255 e. The number of para-hydroxylation sites is 1. The van der Waals surface area contributed by atoms with Crippen LogP contribution < -0.4 is 15.8 Å². The molecule has 3 aliphatic rings.